The molecule has 0 aromatic carbocycles. The monoisotopic (exact) mass is 329 g/mol. The maximum Gasteiger partial charge on any atom is 0.0766 e. The fourth-order valence-electron chi connectivity index (χ4n) is 2.57. The molecule has 3 nitrogen and oxygen atoms in total. The summed E-state index contributed by atoms with van der Waals surface area (Å²) in [6.07, 6.45) is 4.44. The highest BCUT2D eigenvalue weighted by Gasteiger charge is 2.29. The lowest BCUT2D eigenvalue weighted by Gasteiger charge is -2.32. The second-order valence-electron chi connectivity index (χ2n) is 5.35. The average molecular weight is 330 g/mol. The van der Waals surface area contributed by atoms with E-state index in [9.17, 15) is 0 Å². The highest BCUT2D eigenvalue weighted by atomic mass is 79.9. The fourth-order valence-corrected chi connectivity index (χ4v) is 3.33. The summed E-state index contributed by atoms with van der Waals surface area (Å²) in [6, 6.07) is 0. The number of halogens is 1. The molecule has 1 N–H and O–H groups in total. The van der Waals surface area contributed by atoms with Crippen molar-refractivity contribution >= 4 is 15.9 Å². The first kappa shape index (κ1) is 16.7. The van der Waals surface area contributed by atoms with E-state index in [0.29, 0.717) is 5.41 Å². The Kier molecular flexibility index (Phi) is 6.54. The van der Waals surface area contributed by atoms with E-state index in [1.54, 1.807) is 0 Å². The molecule has 0 amide bonds. The smallest absolute Gasteiger partial charge is 0.0766 e. The molecule has 19 heavy (non-hydrogen) atoms. The Bertz CT molecular complexity index is 394. The van der Waals surface area contributed by atoms with Crippen LogP contribution >= 0.6 is 15.9 Å². The molecule has 4 heteroatoms. The third-order valence-corrected chi connectivity index (χ3v) is 5.21. The van der Waals surface area contributed by atoms with E-state index in [1.807, 2.05) is 0 Å². The van der Waals surface area contributed by atoms with Gasteiger partial charge in [-0.15, -0.1) is 0 Å². The Morgan fingerprint density at radius 3 is 2.26 bits per heavy atom. The number of rotatable bonds is 8. The van der Waals surface area contributed by atoms with Crippen LogP contribution in [0.1, 0.15) is 51.9 Å². The first-order valence-electron chi connectivity index (χ1n) is 7.44. The third-order valence-electron chi connectivity index (χ3n) is 4.30. The van der Waals surface area contributed by atoms with Gasteiger partial charge in [0.1, 0.15) is 0 Å². The summed E-state index contributed by atoms with van der Waals surface area (Å²) < 4.78 is 3.26. The van der Waals surface area contributed by atoms with E-state index in [0.717, 1.165) is 25.9 Å². The number of nitrogens with zero attached hydrogens (tertiary/aromatic N) is 2. The lowest BCUT2D eigenvalue weighted by atomic mass is 9.78. The molecule has 1 rings (SSSR count). The third kappa shape index (κ3) is 3.82. The summed E-state index contributed by atoms with van der Waals surface area (Å²) >= 11 is 3.74. The first-order valence-corrected chi connectivity index (χ1v) is 8.23. The molecule has 1 heterocycles. The zero-order chi connectivity index (χ0) is 14.5. The molecule has 0 atom stereocenters. The Hall–Kier alpha value is -0.350. The minimum absolute atomic E-state index is 0.331. The first-order chi connectivity index (χ1) is 9.03. The highest BCUT2D eigenvalue weighted by molar-refractivity contribution is 9.10. The fraction of sp³-hybridized carbons (Fsp3) is 0.800. The van der Waals surface area contributed by atoms with Gasteiger partial charge >= 0.3 is 0 Å². The van der Waals surface area contributed by atoms with Gasteiger partial charge in [-0.3, -0.25) is 4.68 Å². The van der Waals surface area contributed by atoms with Gasteiger partial charge in [0, 0.05) is 13.6 Å². The van der Waals surface area contributed by atoms with Crippen molar-refractivity contribution in [3.8, 4) is 0 Å². The molecular weight excluding hydrogens is 302 g/mol. The standard InChI is InChI=1S/C15H28BrN3/c1-6-12-14(16)13(19(5)18-12)10-15(7-2,8-3)11-17-9-4/h17H,6-11H2,1-5H3. The van der Waals surface area contributed by atoms with Crippen LogP contribution in [-0.2, 0) is 19.9 Å². The largest absolute Gasteiger partial charge is 0.316 e. The number of nitrogens with one attached hydrogen (secondary N) is 1. The minimum Gasteiger partial charge on any atom is -0.316 e. The van der Waals surface area contributed by atoms with Crippen molar-refractivity contribution in [1.82, 2.24) is 15.1 Å². The van der Waals surface area contributed by atoms with Crippen LogP contribution in [0.25, 0.3) is 0 Å². The van der Waals surface area contributed by atoms with Crippen molar-refractivity contribution in [1.29, 1.82) is 0 Å². The van der Waals surface area contributed by atoms with Gasteiger partial charge in [-0.2, -0.15) is 5.10 Å². The molecule has 0 fully saturated rings. The average Bonchev–Trinajstić information content (AvgIpc) is 2.70. The Morgan fingerprint density at radius 2 is 1.84 bits per heavy atom. The van der Waals surface area contributed by atoms with Gasteiger partial charge in [0.15, 0.2) is 0 Å². The summed E-state index contributed by atoms with van der Waals surface area (Å²) in [7, 11) is 2.06. The van der Waals surface area contributed by atoms with Gasteiger partial charge < -0.3 is 5.32 Å². The van der Waals surface area contributed by atoms with Gasteiger partial charge in [-0.1, -0.05) is 27.7 Å². The van der Waals surface area contributed by atoms with Crippen molar-refractivity contribution in [2.45, 2.75) is 53.4 Å². The predicted octanol–water partition coefficient (Wildman–Crippen LogP) is 3.70. The molecule has 0 saturated heterocycles. The predicted molar refractivity (Wildman–Crippen MR) is 85.5 cm³/mol. The van der Waals surface area contributed by atoms with Gasteiger partial charge in [-0.05, 0) is 53.6 Å². The van der Waals surface area contributed by atoms with Crippen molar-refractivity contribution in [2.75, 3.05) is 13.1 Å². The topological polar surface area (TPSA) is 29.9 Å². The van der Waals surface area contributed by atoms with Crippen molar-refractivity contribution < 1.29 is 0 Å². The SMILES string of the molecule is CCNCC(CC)(CC)Cc1c(Br)c(CC)nn1C. The molecule has 0 aliphatic rings. The van der Waals surface area contributed by atoms with Crippen LogP contribution in [0.3, 0.4) is 0 Å². The normalized spacial score (nSPS) is 12.1. The number of hydrogen-bond donors (Lipinski definition) is 1. The van der Waals surface area contributed by atoms with Crippen LogP contribution in [0.2, 0.25) is 0 Å². The van der Waals surface area contributed by atoms with E-state index in [-0.39, 0.29) is 0 Å². The molecule has 1 aromatic rings. The van der Waals surface area contributed by atoms with Crippen LogP contribution < -0.4 is 5.32 Å². The molecular formula is C15H28BrN3. The van der Waals surface area contributed by atoms with E-state index >= 15 is 0 Å². The van der Waals surface area contributed by atoms with Crippen LogP contribution in [-0.4, -0.2) is 22.9 Å². The van der Waals surface area contributed by atoms with Crippen LogP contribution in [0.15, 0.2) is 4.47 Å². The summed E-state index contributed by atoms with van der Waals surface area (Å²) in [6.45, 7) is 11.0. The molecule has 0 spiro atoms. The van der Waals surface area contributed by atoms with E-state index in [1.165, 1.54) is 28.7 Å². The Balaban J connectivity index is 2.99. The lowest BCUT2D eigenvalue weighted by molar-refractivity contribution is 0.243. The molecule has 0 unspecified atom stereocenters. The molecule has 110 valence electrons. The lowest BCUT2D eigenvalue weighted by Crippen LogP contribution is -2.36. The zero-order valence-electron chi connectivity index (χ0n) is 13.0. The Morgan fingerprint density at radius 1 is 1.21 bits per heavy atom. The molecule has 0 bridgehead atoms. The van der Waals surface area contributed by atoms with Crippen molar-refractivity contribution in [3.63, 3.8) is 0 Å². The van der Waals surface area contributed by atoms with Gasteiger partial charge in [0.05, 0.1) is 15.9 Å². The maximum absolute atomic E-state index is 4.61. The highest BCUT2D eigenvalue weighted by Crippen LogP contribution is 2.34. The van der Waals surface area contributed by atoms with Crippen LogP contribution in [0, 0.1) is 5.41 Å². The summed E-state index contributed by atoms with van der Waals surface area (Å²) in [5.41, 5.74) is 2.83. The summed E-state index contributed by atoms with van der Waals surface area (Å²) in [4.78, 5) is 0. The zero-order valence-corrected chi connectivity index (χ0v) is 14.6. The summed E-state index contributed by atoms with van der Waals surface area (Å²) in [5.74, 6) is 0. The minimum atomic E-state index is 0.331. The summed E-state index contributed by atoms with van der Waals surface area (Å²) in [5, 5.41) is 8.14. The number of aromatic nitrogens is 2. The van der Waals surface area contributed by atoms with E-state index < -0.39 is 0 Å². The van der Waals surface area contributed by atoms with Crippen molar-refractivity contribution in [3.05, 3.63) is 15.9 Å². The van der Waals surface area contributed by atoms with Crippen molar-refractivity contribution in [2.24, 2.45) is 12.5 Å². The molecule has 0 saturated carbocycles. The second kappa shape index (κ2) is 7.44. The molecule has 0 radical (unpaired) electrons. The van der Waals surface area contributed by atoms with Gasteiger partial charge in [-0.25, -0.2) is 0 Å². The quantitative estimate of drug-likeness (QED) is 0.788. The van der Waals surface area contributed by atoms with E-state index in [2.05, 4.69) is 65.8 Å². The number of aryl methyl sites for hydroxylation is 2. The molecule has 0 aliphatic carbocycles. The van der Waals surface area contributed by atoms with Gasteiger partial charge in [0.2, 0.25) is 0 Å². The number of hydrogen-bond acceptors (Lipinski definition) is 2. The van der Waals surface area contributed by atoms with Gasteiger partial charge in [0.25, 0.3) is 0 Å². The Labute approximate surface area is 126 Å². The molecule has 1 aromatic heterocycles. The second-order valence-corrected chi connectivity index (χ2v) is 6.14. The van der Waals surface area contributed by atoms with Crippen LogP contribution in [0.4, 0.5) is 0 Å². The van der Waals surface area contributed by atoms with Crippen LogP contribution in [0.5, 0.6) is 0 Å². The molecule has 0 aliphatic heterocycles. The van der Waals surface area contributed by atoms with E-state index in [4.69, 9.17) is 0 Å². The maximum atomic E-state index is 4.61.